The summed E-state index contributed by atoms with van der Waals surface area (Å²) in [7, 11) is -7.15. The van der Waals surface area contributed by atoms with E-state index in [1.54, 1.807) is 13.8 Å². The Labute approximate surface area is 143 Å². The maximum atomic E-state index is 11.5. The van der Waals surface area contributed by atoms with Crippen molar-refractivity contribution in [3.8, 4) is 11.5 Å². The van der Waals surface area contributed by atoms with Crippen molar-refractivity contribution >= 4 is 20.2 Å². The van der Waals surface area contributed by atoms with Crippen molar-refractivity contribution in [1.82, 2.24) is 0 Å². The standard InChI is InChI=1S/C15H22O7S2/c1-9-10(2)15-13(11(3)14(9)22-24(5,18)19)7-6-12(21-15)8-20-23(4,16)17/h12H,6-8H2,1-5H3. The van der Waals surface area contributed by atoms with Crippen LogP contribution in [0.4, 0.5) is 0 Å². The van der Waals surface area contributed by atoms with Crippen LogP contribution >= 0.6 is 0 Å². The largest absolute Gasteiger partial charge is 0.487 e. The van der Waals surface area contributed by atoms with Crippen LogP contribution in [0.2, 0.25) is 0 Å². The van der Waals surface area contributed by atoms with Crippen molar-refractivity contribution in [3.63, 3.8) is 0 Å². The molecule has 0 N–H and O–H groups in total. The van der Waals surface area contributed by atoms with Gasteiger partial charge >= 0.3 is 10.1 Å². The zero-order valence-electron chi connectivity index (χ0n) is 14.4. The van der Waals surface area contributed by atoms with Crippen LogP contribution in [-0.4, -0.2) is 42.1 Å². The summed E-state index contributed by atoms with van der Waals surface area (Å²) in [6, 6.07) is 0. The van der Waals surface area contributed by atoms with Crippen molar-refractivity contribution in [2.75, 3.05) is 19.1 Å². The average Bonchev–Trinajstić information content (AvgIpc) is 2.45. The number of hydrogen-bond donors (Lipinski definition) is 0. The van der Waals surface area contributed by atoms with E-state index in [0.717, 1.165) is 29.2 Å². The summed E-state index contributed by atoms with van der Waals surface area (Å²) < 4.78 is 61.1. The highest BCUT2D eigenvalue weighted by atomic mass is 32.2. The number of benzene rings is 1. The average molecular weight is 378 g/mol. The predicted octanol–water partition coefficient (Wildman–Crippen LogP) is 1.62. The van der Waals surface area contributed by atoms with Gasteiger partial charge in [0, 0.05) is 5.56 Å². The number of rotatable bonds is 5. The van der Waals surface area contributed by atoms with Gasteiger partial charge in [-0.1, -0.05) is 0 Å². The molecular formula is C15H22O7S2. The van der Waals surface area contributed by atoms with Crippen LogP contribution in [-0.2, 0) is 30.8 Å². The molecular weight excluding hydrogens is 356 g/mol. The molecule has 0 bridgehead atoms. The molecule has 9 heteroatoms. The summed E-state index contributed by atoms with van der Waals surface area (Å²) in [4.78, 5) is 0. The molecule has 1 unspecified atom stereocenters. The molecule has 136 valence electrons. The van der Waals surface area contributed by atoms with E-state index < -0.39 is 20.2 Å². The lowest BCUT2D eigenvalue weighted by molar-refractivity contribution is 0.112. The molecule has 1 heterocycles. The molecule has 1 aromatic carbocycles. The fourth-order valence-corrected chi connectivity index (χ4v) is 3.69. The molecule has 0 aliphatic carbocycles. The van der Waals surface area contributed by atoms with Gasteiger partial charge in [-0.05, 0) is 50.3 Å². The van der Waals surface area contributed by atoms with E-state index in [1.807, 2.05) is 6.92 Å². The Morgan fingerprint density at radius 2 is 1.62 bits per heavy atom. The monoisotopic (exact) mass is 378 g/mol. The summed E-state index contributed by atoms with van der Waals surface area (Å²) >= 11 is 0. The minimum atomic E-state index is -3.63. The topological polar surface area (TPSA) is 96.0 Å². The van der Waals surface area contributed by atoms with Gasteiger partial charge in [0.25, 0.3) is 10.1 Å². The second kappa shape index (κ2) is 6.53. The maximum absolute atomic E-state index is 11.5. The fourth-order valence-electron chi connectivity index (χ4n) is 2.74. The van der Waals surface area contributed by atoms with Crippen molar-refractivity contribution in [2.45, 2.75) is 39.7 Å². The number of fused-ring (bicyclic) bond motifs is 1. The van der Waals surface area contributed by atoms with Gasteiger partial charge in [0.15, 0.2) is 0 Å². The van der Waals surface area contributed by atoms with E-state index in [0.29, 0.717) is 29.9 Å². The smallest absolute Gasteiger partial charge is 0.306 e. The van der Waals surface area contributed by atoms with E-state index in [2.05, 4.69) is 0 Å². The molecule has 0 fully saturated rings. The quantitative estimate of drug-likeness (QED) is 0.718. The third-order valence-corrected chi connectivity index (χ3v) is 5.05. The zero-order valence-corrected chi connectivity index (χ0v) is 16.0. The minimum Gasteiger partial charge on any atom is -0.487 e. The van der Waals surface area contributed by atoms with Crippen LogP contribution in [0.5, 0.6) is 11.5 Å². The van der Waals surface area contributed by atoms with Crippen LogP contribution in [0.25, 0.3) is 0 Å². The van der Waals surface area contributed by atoms with Crippen molar-refractivity contribution in [2.24, 2.45) is 0 Å². The molecule has 1 aliphatic heterocycles. The van der Waals surface area contributed by atoms with Crippen LogP contribution < -0.4 is 8.92 Å². The van der Waals surface area contributed by atoms with Gasteiger partial charge in [-0.15, -0.1) is 0 Å². The second-order valence-corrected chi connectivity index (χ2v) is 9.29. The first-order valence-electron chi connectivity index (χ1n) is 7.42. The molecule has 0 radical (unpaired) electrons. The van der Waals surface area contributed by atoms with Gasteiger partial charge in [-0.25, -0.2) is 0 Å². The Morgan fingerprint density at radius 1 is 1.00 bits per heavy atom. The summed E-state index contributed by atoms with van der Waals surface area (Å²) in [5.74, 6) is 0.988. The lowest BCUT2D eigenvalue weighted by Crippen LogP contribution is -2.30. The maximum Gasteiger partial charge on any atom is 0.306 e. The van der Waals surface area contributed by atoms with Gasteiger partial charge in [0.05, 0.1) is 12.5 Å². The Hall–Kier alpha value is -1.32. The zero-order chi connectivity index (χ0) is 18.3. The van der Waals surface area contributed by atoms with Crippen LogP contribution in [0, 0.1) is 20.8 Å². The molecule has 1 aromatic rings. The molecule has 2 rings (SSSR count). The Morgan fingerprint density at radius 3 is 2.17 bits per heavy atom. The van der Waals surface area contributed by atoms with Gasteiger partial charge < -0.3 is 8.92 Å². The lowest BCUT2D eigenvalue weighted by Gasteiger charge is -2.30. The summed E-state index contributed by atoms with van der Waals surface area (Å²) in [5.41, 5.74) is 3.06. The first-order chi connectivity index (χ1) is 10.9. The second-order valence-electron chi connectivity index (χ2n) is 6.07. The Bertz CT molecular complexity index is 855. The van der Waals surface area contributed by atoms with Gasteiger partial charge in [0.1, 0.15) is 24.2 Å². The molecule has 0 saturated carbocycles. The molecule has 0 spiro atoms. The van der Waals surface area contributed by atoms with E-state index in [1.165, 1.54) is 0 Å². The highest BCUT2D eigenvalue weighted by Gasteiger charge is 2.28. The molecule has 0 saturated heterocycles. The highest BCUT2D eigenvalue weighted by Crippen LogP contribution is 2.41. The fraction of sp³-hybridized carbons (Fsp3) is 0.600. The predicted molar refractivity (Wildman–Crippen MR) is 89.7 cm³/mol. The summed E-state index contributed by atoms with van der Waals surface area (Å²) in [5, 5.41) is 0. The van der Waals surface area contributed by atoms with Crippen LogP contribution in [0.3, 0.4) is 0 Å². The SMILES string of the molecule is Cc1c(C)c2c(c(C)c1OS(C)(=O)=O)CCC(COS(C)(=O)=O)O2. The van der Waals surface area contributed by atoms with Crippen molar-refractivity contribution in [1.29, 1.82) is 0 Å². The molecule has 1 atom stereocenters. The summed E-state index contributed by atoms with van der Waals surface area (Å²) in [6.45, 7) is 5.34. The first-order valence-corrected chi connectivity index (χ1v) is 11.1. The van der Waals surface area contributed by atoms with Crippen LogP contribution in [0.1, 0.15) is 28.7 Å². The third kappa shape index (κ3) is 4.40. The van der Waals surface area contributed by atoms with E-state index in [4.69, 9.17) is 13.1 Å². The first kappa shape index (κ1) is 19.0. The van der Waals surface area contributed by atoms with Crippen LogP contribution in [0.15, 0.2) is 0 Å². The minimum absolute atomic E-state index is 0.0442. The Kier molecular flexibility index (Phi) is 5.17. The summed E-state index contributed by atoms with van der Waals surface area (Å²) in [6.07, 6.45) is 2.84. The molecule has 24 heavy (non-hydrogen) atoms. The van der Waals surface area contributed by atoms with Gasteiger partial charge in [0.2, 0.25) is 0 Å². The third-order valence-electron chi connectivity index (χ3n) is 4.01. The van der Waals surface area contributed by atoms with E-state index >= 15 is 0 Å². The van der Waals surface area contributed by atoms with Crippen molar-refractivity contribution < 1.29 is 29.9 Å². The molecule has 7 nitrogen and oxygen atoms in total. The Balaban J connectivity index is 2.36. The normalized spacial score (nSPS) is 18.0. The van der Waals surface area contributed by atoms with Crippen molar-refractivity contribution in [3.05, 3.63) is 22.3 Å². The van der Waals surface area contributed by atoms with E-state index in [-0.39, 0.29) is 12.7 Å². The highest BCUT2D eigenvalue weighted by molar-refractivity contribution is 7.86. The van der Waals surface area contributed by atoms with Gasteiger partial charge in [-0.3, -0.25) is 4.18 Å². The molecule has 0 aromatic heterocycles. The lowest BCUT2D eigenvalue weighted by atomic mass is 9.92. The van der Waals surface area contributed by atoms with Gasteiger partial charge in [-0.2, -0.15) is 16.8 Å². The molecule has 1 aliphatic rings. The molecule has 0 amide bonds. The number of hydrogen-bond acceptors (Lipinski definition) is 7. The number of ether oxygens (including phenoxy) is 1. The van der Waals surface area contributed by atoms with E-state index in [9.17, 15) is 16.8 Å².